The van der Waals surface area contributed by atoms with Crippen LogP contribution in [0.25, 0.3) is 0 Å². The predicted molar refractivity (Wildman–Crippen MR) is 76.8 cm³/mol. The van der Waals surface area contributed by atoms with E-state index in [0.29, 0.717) is 6.04 Å². The Morgan fingerprint density at radius 1 is 1.17 bits per heavy atom. The van der Waals surface area contributed by atoms with Crippen LogP contribution in [0.1, 0.15) is 36.6 Å². The monoisotopic (exact) mass is 242 g/mol. The van der Waals surface area contributed by atoms with Crippen molar-refractivity contribution in [3.63, 3.8) is 0 Å². The zero-order valence-corrected chi connectivity index (χ0v) is 11.5. The summed E-state index contributed by atoms with van der Waals surface area (Å²) in [7, 11) is 0. The third-order valence-corrected chi connectivity index (χ3v) is 3.27. The molecule has 0 aliphatic carbocycles. The molecule has 1 unspecified atom stereocenters. The highest BCUT2D eigenvalue weighted by Gasteiger charge is 2.05. The molecule has 0 amide bonds. The van der Waals surface area contributed by atoms with Crippen LogP contribution < -0.4 is 5.32 Å². The molecule has 96 valence electrons. The minimum Gasteiger partial charge on any atom is -0.350 e. The van der Waals surface area contributed by atoms with E-state index in [0.717, 1.165) is 13.1 Å². The lowest BCUT2D eigenvalue weighted by molar-refractivity contribution is 0.596. The highest BCUT2D eigenvalue weighted by Crippen LogP contribution is 2.14. The lowest BCUT2D eigenvalue weighted by Gasteiger charge is -2.10. The SMILES string of the molecule is CCNC(C)c1ccn(Cc2ccc(C)cc2)c1. The summed E-state index contributed by atoms with van der Waals surface area (Å²) >= 11 is 0. The molecule has 0 bridgehead atoms. The van der Waals surface area contributed by atoms with Crippen LogP contribution in [-0.4, -0.2) is 11.1 Å². The molecule has 0 saturated heterocycles. The third-order valence-electron chi connectivity index (χ3n) is 3.27. The smallest absolute Gasteiger partial charge is 0.0470 e. The molecular weight excluding hydrogens is 220 g/mol. The van der Waals surface area contributed by atoms with Crippen molar-refractivity contribution in [2.24, 2.45) is 0 Å². The van der Waals surface area contributed by atoms with Gasteiger partial charge in [-0.05, 0) is 37.6 Å². The van der Waals surface area contributed by atoms with Crippen molar-refractivity contribution in [2.75, 3.05) is 6.54 Å². The van der Waals surface area contributed by atoms with Crippen LogP contribution in [-0.2, 0) is 6.54 Å². The molecule has 2 heteroatoms. The van der Waals surface area contributed by atoms with Gasteiger partial charge in [-0.2, -0.15) is 0 Å². The maximum absolute atomic E-state index is 3.43. The van der Waals surface area contributed by atoms with Gasteiger partial charge in [0.15, 0.2) is 0 Å². The Morgan fingerprint density at radius 3 is 2.56 bits per heavy atom. The topological polar surface area (TPSA) is 17.0 Å². The van der Waals surface area contributed by atoms with Crippen LogP contribution in [0.2, 0.25) is 0 Å². The average molecular weight is 242 g/mol. The number of hydrogen-bond donors (Lipinski definition) is 1. The molecular formula is C16H22N2. The van der Waals surface area contributed by atoms with Crippen molar-refractivity contribution in [1.82, 2.24) is 9.88 Å². The second-order valence-corrected chi connectivity index (χ2v) is 4.88. The summed E-state index contributed by atoms with van der Waals surface area (Å²) in [6, 6.07) is 11.4. The predicted octanol–water partition coefficient (Wildman–Crippen LogP) is 3.52. The second-order valence-electron chi connectivity index (χ2n) is 4.88. The summed E-state index contributed by atoms with van der Waals surface area (Å²) < 4.78 is 2.24. The van der Waals surface area contributed by atoms with Gasteiger partial charge in [0.05, 0.1) is 0 Å². The number of nitrogens with zero attached hydrogens (tertiary/aromatic N) is 1. The van der Waals surface area contributed by atoms with Crippen molar-refractivity contribution in [2.45, 2.75) is 33.4 Å². The number of hydrogen-bond acceptors (Lipinski definition) is 1. The van der Waals surface area contributed by atoms with Gasteiger partial charge in [0, 0.05) is 25.0 Å². The standard InChI is InChI=1S/C16H22N2/c1-4-17-14(3)16-9-10-18(12-16)11-15-7-5-13(2)6-8-15/h5-10,12,14,17H,4,11H2,1-3H3. The van der Waals surface area contributed by atoms with E-state index < -0.39 is 0 Å². The molecule has 2 aromatic rings. The van der Waals surface area contributed by atoms with E-state index in [1.165, 1.54) is 16.7 Å². The summed E-state index contributed by atoms with van der Waals surface area (Å²) in [5.74, 6) is 0. The fourth-order valence-corrected chi connectivity index (χ4v) is 2.14. The fourth-order valence-electron chi connectivity index (χ4n) is 2.14. The Bertz CT molecular complexity index is 482. The number of rotatable bonds is 5. The fraction of sp³-hybridized carbons (Fsp3) is 0.375. The van der Waals surface area contributed by atoms with Gasteiger partial charge < -0.3 is 9.88 Å². The van der Waals surface area contributed by atoms with Crippen LogP contribution in [0.15, 0.2) is 42.7 Å². The third kappa shape index (κ3) is 3.23. The largest absolute Gasteiger partial charge is 0.350 e. The summed E-state index contributed by atoms with van der Waals surface area (Å²) in [5, 5.41) is 3.43. The van der Waals surface area contributed by atoms with E-state index in [9.17, 15) is 0 Å². The Morgan fingerprint density at radius 2 is 1.89 bits per heavy atom. The van der Waals surface area contributed by atoms with Gasteiger partial charge in [-0.25, -0.2) is 0 Å². The molecule has 1 aromatic carbocycles. The van der Waals surface area contributed by atoms with Gasteiger partial charge in [0.25, 0.3) is 0 Å². The zero-order valence-electron chi connectivity index (χ0n) is 11.5. The van der Waals surface area contributed by atoms with E-state index in [1.54, 1.807) is 0 Å². The molecule has 0 saturated carbocycles. The maximum Gasteiger partial charge on any atom is 0.0470 e. The summed E-state index contributed by atoms with van der Waals surface area (Å²) in [5.41, 5.74) is 4.01. The van der Waals surface area contributed by atoms with Gasteiger partial charge in [-0.3, -0.25) is 0 Å². The highest BCUT2D eigenvalue weighted by molar-refractivity contribution is 5.23. The Balaban J connectivity index is 2.04. The van der Waals surface area contributed by atoms with E-state index in [1.807, 2.05) is 0 Å². The Kier molecular flexibility index (Phi) is 4.21. The minimum absolute atomic E-state index is 0.425. The first-order valence-corrected chi connectivity index (χ1v) is 6.63. The van der Waals surface area contributed by atoms with Crippen molar-refractivity contribution in [3.05, 3.63) is 59.4 Å². The molecule has 0 fully saturated rings. The maximum atomic E-state index is 3.43. The summed E-state index contributed by atoms with van der Waals surface area (Å²) in [6.45, 7) is 8.41. The Hall–Kier alpha value is -1.54. The van der Waals surface area contributed by atoms with E-state index in [2.05, 4.69) is 73.4 Å². The lowest BCUT2D eigenvalue weighted by atomic mass is 10.1. The van der Waals surface area contributed by atoms with Crippen LogP contribution in [0.4, 0.5) is 0 Å². The van der Waals surface area contributed by atoms with E-state index >= 15 is 0 Å². The quantitative estimate of drug-likeness (QED) is 0.849. The molecule has 1 aromatic heterocycles. The van der Waals surface area contributed by atoms with Gasteiger partial charge in [0.2, 0.25) is 0 Å². The summed E-state index contributed by atoms with van der Waals surface area (Å²) in [6.07, 6.45) is 4.39. The highest BCUT2D eigenvalue weighted by atomic mass is 15.0. The molecule has 0 aliphatic rings. The van der Waals surface area contributed by atoms with Crippen LogP contribution >= 0.6 is 0 Å². The number of aromatic nitrogens is 1. The zero-order chi connectivity index (χ0) is 13.0. The molecule has 2 rings (SSSR count). The first kappa shape index (κ1) is 12.9. The number of nitrogens with one attached hydrogen (secondary N) is 1. The van der Waals surface area contributed by atoms with Crippen molar-refractivity contribution in [1.29, 1.82) is 0 Å². The lowest BCUT2D eigenvalue weighted by Crippen LogP contribution is -2.17. The normalized spacial score (nSPS) is 12.6. The first-order valence-electron chi connectivity index (χ1n) is 6.63. The minimum atomic E-state index is 0.425. The molecule has 1 N–H and O–H groups in total. The van der Waals surface area contributed by atoms with Crippen LogP contribution in [0.5, 0.6) is 0 Å². The van der Waals surface area contributed by atoms with Gasteiger partial charge in [-0.15, -0.1) is 0 Å². The van der Waals surface area contributed by atoms with E-state index in [-0.39, 0.29) is 0 Å². The van der Waals surface area contributed by atoms with Crippen molar-refractivity contribution >= 4 is 0 Å². The first-order chi connectivity index (χ1) is 8.69. The van der Waals surface area contributed by atoms with E-state index in [4.69, 9.17) is 0 Å². The number of aryl methyl sites for hydroxylation is 1. The van der Waals surface area contributed by atoms with Gasteiger partial charge >= 0.3 is 0 Å². The van der Waals surface area contributed by atoms with Crippen LogP contribution in [0, 0.1) is 6.92 Å². The molecule has 2 nitrogen and oxygen atoms in total. The second kappa shape index (κ2) is 5.87. The average Bonchev–Trinajstić information content (AvgIpc) is 2.81. The molecule has 18 heavy (non-hydrogen) atoms. The molecule has 0 radical (unpaired) electrons. The van der Waals surface area contributed by atoms with Crippen molar-refractivity contribution in [3.8, 4) is 0 Å². The molecule has 1 heterocycles. The van der Waals surface area contributed by atoms with Gasteiger partial charge in [0.1, 0.15) is 0 Å². The molecule has 0 aliphatic heterocycles. The van der Waals surface area contributed by atoms with Crippen LogP contribution in [0.3, 0.4) is 0 Å². The summed E-state index contributed by atoms with van der Waals surface area (Å²) in [4.78, 5) is 0. The van der Waals surface area contributed by atoms with Crippen molar-refractivity contribution < 1.29 is 0 Å². The number of benzene rings is 1. The molecule has 1 atom stereocenters. The Labute approximate surface area is 110 Å². The molecule has 0 spiro atoms. The van der Waals surface area contributed by atoms with Gasteiger partial charge in [-0.1, -0.05) is 36.8 Å².